The number of carbonyl (C=O) groups excluding carboxylic acids is 2. The van der Waals surface area contributed by atoms with Crippen LogP contribution in [0.5, 0.6) is 5.88 Å². The second-order valence-electron chi connectivity index (χ2n) is 9.13. The SMILES string of the molecule is CCc1cc2cc(F)c(C(=O)N3CCN(C(=O)OC(C)(C)C)C[C@H]3CCO)cc2nc1OC. The fraction of sp³-hybridized carbons (Fsp3) is 0.542. The van der Waals surface area contributed by atoms with Crippen LogP contribution in [-0.4, -0.2) is 76.9 Å². The van der Waals surface area contributed by atoms with Crippen LogP contribution in [0.3, 0.4) is 0 Å². The lowest BCUT2D eigenvalue weighted by Crippen LogP contribution is -2.57. The number of carbonyl (C=O) groups is 2. The van der Waals surface area contributed by atoms with Gasteiger partial charge in [-0.2, -0.15) is 0 Å². The first-order chi connectivity index (χ1) is 15.6. The van der Waals surface area contributed by atoms with Gasteiger partial charge in [0.15, 0.2) is 0 Å². The van der Waals surface area contributed by atoms with E-state index in [0.29, 0.717) is 23.2 Å². The van der Waals surface area contributed by atoms with Crippen molar-refractivity contribution >= 4 is 22.9 Å². The summed E-state index contributed by atoms with van der Waals surface area (Å²) in [7, 11) is 1.52. The maximum atomic E-state index is 15.0. The van der Waals surface area contributed by atoms with Gasteiger partial charge >= 0.3 is 6.09 Å². The third-order valence-electron chi connectivity index (χ3n) is 5.61. The van der Waals surface area contributed by atoms with Crippen LogP contribution in [0.15, 0.2) is 18.2 Å². The number of methoxy groups -OCH3 is 1. The summed E-state index contributed by atoms with van der Waals surface area (Å²) in [6.07, 6.45) is 0.461. The van der Waals surface area contributed by atoms with Crippen molar-refractivity contribution in [2.45, 2.75) is 52.2 Å². The maximum Gasteiger partial charge on any atom is 0.410 e. The molecule has 3 rings (SSSR count). The van der Waals surface area contributed by atoms with Gasteiger partial charge in [0.2, 0.25) is 5.88 Å². The number of rotatable bonds is 5. The third-order valence-corrected chi connectivity index (χ3v) is 5.61. The van der Waals surface area contributed by atoms with Crippen molar-refractivity contribution in [3.8, 4) is 5.88 Å². The number of aryl methyl sites for hydroxylation is 1. The van der Waals surface area contributed by atoms with Crippen molar-refractivity contribution in [2.24, 2.45) is 0 Å². The van der Waals surface area contributed by atoms with Crippen LogP contribution < -0.4 is 4.74 Å². The van der Waals surface area contributed by atoms with Crippen molar-refractivity contribution in [2.75, 3.05) is 33.4 Å². The monoisotopic (exact) mass is 461 g/mol. The molecule has 0 bridgehead atoms. The zero-order valence-electron chi connectivity index (χ0n) is 19.9. The van der Waals surface area contributed by atoms with Crippen LogP contribution >= 0.6 is 0 Å². The molecular weight excluding hydrogens is 429 g/mol. The Balaban J connectivity index is 1.88. The molecule has 2 amide bonds. The van der Waals surface area contributed by atoms with E-state index < -0.39 is 29.5 Å². The molecule has 1 aromatic heterocycles. The number of piperazine rings is 1. The van der Waals surface area contributed by atoms with E-state index >= 15 is 4.39 Å². The lowest BCUT2D eigenvalue weighted by Gasteiger charge is -2.41. The number of halogens is 1. The minimum atomic E-state index is -0.642. The highest BCUT2D eigenvalue weighted by Crippen LogP contribution is 2.27. The van der Waals surface area contributed by atoms with E-state index in [9.17, 15) is 14.7 Å². The van der Waals surface area contributed by atoms with E-state index in [2.05, 4.69) is 4.98 Å². The number of fused-ring (bicyclic) bond motifs is 1. The molecule has 2 aromatic rings. The predicted octanol–water partition coefficient (Wildman–Crippen LogP) is 3.39. The average molecular weight is 462 g/mol. The highest BCUT2D eigenvalue weighted by atomic mass is 19.1. The minimum Gasteiger partial charge on any atom is -0.481 e. The van der Waals surface area contributed by atoms with E-state index in [4.69, 9.17) is 9.47 Å². The molecular formula is C24H32FN3O5. The second-order valence-corrected chi connectivity index (χ2v) is 9.13. The summed E-state index contributed by atoms with van der Waals surface area (Å²) in [6.45, 7) is 7.78. The Bertz CT molecular complexity index is 1040. The first-order valence-electron chi connectivity index (χ1n) is 11.1. The number of nitrogens with zero attached hydrogens (tertiary/aromatic N) is 3. The lowest BCUT2D eigenvalue weighted by atomic mass is 10.0. The van der Waals surface area contributed by atoms with Crippen molar-refractivity contribution in [1.29, 1.82) is 0 Å². The molecule has 8 nitrogen and oxygen atoms in total. The summed E-state index contributed by atoms with van der Waals surface area (Å²) >= 11 is 0. The van der Waals surface area contributed by atoms with Gasteiger partial charge in [-0.15, -0.1) is 0 Å². The average Bonchev–Trinajstić information content (AvgIpc) is 2.76. The summed E-state index contributed by atoms with van der Waals surface area (Å²) in [5, 5.41) is 10.1. The Hall–Kier alpha value is -2.94. The smallest absolute Gasteiger partial charge is 0.410 e. The fourth-order valence-corrected chi connectivity index (χ4v) is 3.98. The number of ether oxygens (including phenoxy) is 2. The van der Waals surface area contributed by atoms with E-state index in [1.807, 2.05) is 13.0 Å². The Morgan fingerprint density at radius 1 is 1.24 bits per heavy atom. The van der Waals surface area contributed by atoms with Gasteiger partial charge in [0.05, 0.1) is 24.2 Å². The number of amides is 2. The first kappa shape index (κ1) is 24.7. The van der Waals surface area contributed by atoms with E-state index in [-0.39, 0.29) is 38.2 Å². The number of hydrogen-bond acceptors (Lipinski definition) is 6. The molecule has 1 aromatic carbocycles. The van der Waals surface area contributed by atoms with Crippen LogP contribution in [0.1, 0.15) is 50.0 Å². The molecule has 1 saturated heterocycles. The number of pyridine rings is 1. The summed E-state index contributed by atoms with van der Waals surface area (Å²) in [5.41, 5.74) is 0.566. The van der Waals surface area contributed by atoms with Crippen LogP contribution in [0.4, 0.5) is 9.18 Å². The van der Waals surface area contributed by atoms with Gasteiger partial charge in [0.1, 0.15) is 11.4 Å². The van der Waals surface area contributed by atoms with Gasteiger partial charge in [-0.25, -0.2) is 14.2 Å². The molecule has 0 radical (unpaired) electrons. The lowest BCUT2D eigenvalue weighted by molar-refractivity contribution is 0.00167. The Morgan fingerprint density at radius 2 is 1.97 bits per heavy atom. The zero-order chi connectivity index (χ0) is 24.3. The third kappa shape index (κ3) is 5.52. The molecule has 9 heteroatoms. The van der Waals surface area contributed by atoms with Gasteiger partial charge in [-0.1, -0.05) is 6.92 Å². The molecule has 1 aliphatic heterocycles. The van der Waals surface area contributed by atoms with Crippen LogP contribution in [0.2, 0.25) is 0 Å². The van der Waals surface area contributed by atoms with Crippen LogP contribution in [0.25, 0.3) is 10.9 Å². The number of aromatic nitrogens is 1. The molecule has 1 aliphatic rings. The molecule has 1 fully saturated rings. The quantitative estimate of drug-likeness (QED) is 0.734. The van der Waals surface area contributed by atoms with Gasteiger partial charge in [-0.3, -0.25) is 4.79 Å². The molecule has 1 atom stereocenters. The Labute approximate surface area is 193 Å². The van der Waals surface area contributed by atoms with E-state index in [1.165, 1.54) is 29.0 Å². The summed E-state index contributed by atoms with van der Waals surface area (Å²) in [5.74, 6) is -0.699. The number of aliphatic hydroxyl groups excluding tert-OH is 1. The maximum absolute atomic E-state index is 15.0. The van der Waals surface area contributed by atoms with Crippen molar-refractivity contribution < 1.29 is 28.6 Å². The predicted molar refractivity (Wildman–Crippen MR) is 122 cm³/mol. The van der Waals surface area contributed by atoms with Gasteiger partial charge in [0.25, 0.3) is 5.91 Å². The first-order valence-corrected chi connectivity index (χ1v) is 11.1. The zero-order valence-corrected chi connectivity index (χ0v) is 19.9. The molecule has 0 spiro atoms. The van der Waals surface area contributed by atoms with Crippen molar-refractivity contribution in [3.05, 3.63) is 35.1 Å². The van der Waals surface area contributed by atoms with Crippen molar-refractivity contribution in [1.82, 2.24) is 14.8 Å². The molecule has 33 heavy (non-hydrogen) atoms. The van der Waals surface area contributed by atoms with Gasteiger partial charge in [0, 0.05) is 37.2 Å². The van der Waals surface area contributed by atoms with E-state index in [0.717, 1.165) is 5.56 Å². The molecule has 180 valence electrons. The summed E-state index contributed by atoms with van der Waals surface area (Å²) in [4.78, 5) is 33.3. The highest BCUT2D eigenvalue weighted by Gasteiger charge is 2.35. The van der Waals surface area contributed by atoms with Crippen LogP contribution in [-0.2, 0) is 11.2 Å². The highest BCUT2D eigenvalue weighted by molar-refractivity contribution is 5.98. The molecule has 0 saturated carbocycles. The largest absolute Gasteiger partial charge is 0.481 e. The van der Waals surface area contributed by atoms with Gasteiger partial charge in [-0.05, 0) is 51.8 Å². The van der Waals surface area contributed by atoms with Crippen molar-refractivity contribution in [3.63, 3.8) is 0 Å². The second kappa shape index (κ2) is 9.91. The fourth-order valence-electron chi connectivity index (χ4n) is 3.98. The van der Waals surface area contributed by atoms with E-state index in [1.54, 1.807) is 20.8 Å². The summed E-state index contributed by atoms with van der Waals surface area (Å²) in [6, 6.07) is 4.09. The molecule has 0 unspecified atom stereocenters. The standard InChI is InChI=1S/C24H32FN3O5/c1-6-15-11-16-12-19(25)18(13-20(16)26-21(15)32-5)22(30)28-9-8-27(14-17(28)7-10-29)23(31)33-24(2,3)4/h11-13,17,29H,6-10,14H2,1-5H3/t17-/m1/s1. The Morgan fingerprint density at radius 3 is 2.58 bits per heavy atom. The topological polar surface area (TPSA) is 92.2 Å². The molecule has 2 heterocycles. The summed E-state index contributed by atoms with van der Waals surface area (Å²) < 4.78 is 25.8. The van der Waals surface area contributed by atoms with Gasteiger partial charge < -0.3 is 24.4 Å². The number of aliphatic hydroxyl groups is 1. The Kier molecular flexibility index (Phi) is 7.41. The molecule has 0 aliphatic carbocycles. The normalized spacial score (nSPS) is 16.8. The number of hydrogen-bond donors (Lipinski definition) is 1. The van der Waals surface area contributed by atoms with Crippen LogP contribution in [0, 0.1) is 5.82 Å². The minimum absolute atomic E-state index is 0.102. The molecule has 1 N–H and O–H groups in total. The number of benzene rings is 1.